The van der Waals surface area contributed by atoms with Crippen molar-refractivity contribution in [3.8, 4) is 5.75 Å². The molecule has 0 N–H and O–H groups in total. The number of rotatable bonds is 5. The molecule has 0 atom stereocenters. The number of hydrogen-bond acceptors (Lipinski definition) is 3. The summed E-state index contributed by atoms with van der Waals surface area (Å²) >= 11 is 0. The molecule has 0 amide bonds. The lowest BCUT2D eigenvalue weighted by Crippen LogP contribution is -2.08. The summed E-state index contributed by atoms with van der Waals surface area (Å²) < 4.78 is 7.15. The molecule has 18 heavy (non-hydrogen) atoms. The first kappa shape index (κ1) is 12.4. The molecule has 4 nitrogen and oxygen atoms in total. The molecule has 2 aromatic rings. The van der Waals surface area contributed by atoms with Crippen molar-refractivity contribution in [2.45, 2.75) is 13.3 Å². The highest BCUT2D eigenvalue weighted by Gasteiger charge is 2.08. The van der Waals surface area contributed by atoms with Crippen molar-refractivity contribution >= 4 is 5.78 Å². The van der Waals surface area contributed by atoms with Gasteiger partial charge in [0.25, 0.3) is 0 Å². The van der Waals surface area contributed by atoms with E-state index in [1.54, 1.807) is 24.0 Å². The summed E-state index contributed by atoms with van der Waals surface area (Å²) in [6.07, 6.45) is 2.10. The van der Waals surface area contributed by atoms with Crippen molar-refractivity contribution in [3.63, 3.8) is 0 Å². The number of carbonyl (C=O) groups is 1. The summed E-state index contributed by atoms with van der Waals surface area (Å²) in [5, 5.41) is 4.06. The Morgan fingerprint density at radius 2 is 2.22 bits per heavy atom. The molecule has 0 aliphatic heterocycles. The molecule has 0 saturated carbocycles. The molecule has 0 radical (unpaired) electrons. The molecule has 1 aromatic carbocycles. The molecule has 1 aromatic heterocycles. The van der Waals surface area contributed by atoms with Crippen molar-refractivity contribution in [1.82, 2.24) is 9.78 Å². The first-order valence-electron chi connectivity index (χ1n) is 5.87. The lowest BCUT2D eigenvalue weighted by atomic mass is 10.2. The third kappa shape index (κ3) is 3.20. The van der Waals surface area contributed by atoms with Crippen molar-refractivity contribution in [1.29, 1.82) is 0 Å². The summed E-state index contributed by atoms with van der Waals surface area (Å²) in [5.74, 6) is 0.798. The zero-order chi connectivity index (χ0) is 13.0. The van der Waals surface area contributed by atoms with Crippen LogP contribution >= 0.6 is 0 Å². The van der Waals surface area contributed by atoms with E-state index >= 15 is 0 Å². The van der Waals surface area contributed by atoms with Crippen LogP contribution in [0.5, 0.6) is 5.75 Å². The summed E-state index contributed by atoms with van der Waals surface area (Å²) in [6.45, 7) is 2.38. The molecule has 94 valence electrons. The largest absolute Gasteiger partial charge is 0.493 e. The predicted octanol–water partition coefficient (Wildman–Crippen LogP) is 2.38. The molecule has 0 spiro atoms. The summed E-state index contributed by atoms with van der Waals surface area (Å²) in [4.78, 5) is 11.8. The maximum atomic E-state index is 11.8. The van der Waals surface area contributed by atoms with Crippen LogP contribution in [-0.4, -0.2) is 22.2 Å². The molecular weight excluding hydrogens is 228 g/mol. The fraction of sp³-hybridized carbons (Fsp3) is 0.286. The molecular formula is C14H16N2O2. The van der Waals surface area contributed by atoms with Gasteiger partial charge in [0.1, 0.15) is 11.4 Å². The van der Waals surface area contributed by atoms with Crippen LogP contribution in [0.25, 0.3) is 0 Å². The van der Waals surface area contributed by atoms with Crippen LogP contribution in [0.4, 0.5) is 0 Å². The van der Waals surface area contributed by atoms with Crippen LogP contribution in [0.15, 0.2) is 36.5 Å². The summed E-state index contributed by atoms with van der Waals surface area (Å²) in [5.41, 5.74) is 1.63. The maximum absolute atomic E-state index is 11.8. The second kappa shape index (κ2) is 5.49. The predicted molar refractivity (Wildman–Crippen MR) is 68.8 cm³/mol. The highest BCUT2D eigenvalue weighted by molar-refractivity contribution is 5.94. The fourth-order valence-corrected chi connectivity index (χ4v) is 1.66. The molecule has 0 saturated heterocycles. The normalized spacial score (nSPS) is 10.3. The Hall–Kier alpha value is -2.10. The van der Waals surface area contributed by atoms with Crippen molar-refractivity contribution in [3.05, 3.63) is 47.8 Å². The van der Waals surface area contributed by atoms with Gasteiger partial charge in [0, 0.05) is 19.7 Å². The average molecular weight is 244 g/mol. The van der Waals surface area contributed by atoms with Gasteiger partial charge in [-0.1, -0.05) is 12.1 Å². The van der Waals surface area contributed by atoms with Gasteiger partial charge in [-0.15, -0.1) is 0 Å². The number of aromatic nitrogens is 2. The molecule has 4 heteroatoms. The van der Waals surface area contributed by atoms with Crippen molar-refractivity contribution < 1.29 is 9.53 Å². The topological polar surface area (TPSA) is 44.1 Å². The number of nitrogens with zero attached hydrogens (tertiary/aromatic N) is 2. The van der Waals surface area contributed by atoms with Gasteiger partial charge in [0.15, 0.2) is 5.78 Å². The van der Waals surface area contributed by atoms with E-state index in [9.17, 15) is 4.79 Å². The van der Waals surface area contributed by atoms with E-state index in [0.717, 1.165) is 11.3 Å². The van der Waals surface area contributed by atoms with Gasteiger partial charge < -0.3 is 4.74 Å². The Balaban J connectivity index is 1.84. The number of hydrogen-bond donors (Lipinski definition) is 0. The summed E-state index contributed by atoms with van der Waals surface area (Å²) in [6, 6.07) is 9.50. The van der Waals surface area contributed by atoms with Gasteiger partial charge >= 0.3 is 0 Å². The van der Waals surface area contributed by atoms with Crippen LogP contribution in [0.3, 0.4) is 0 Å². The summed E-state index contributed by atoms with van der Waals surface area (Å²) in [7, 11) is 1.79. The van der Waals surface area contributed by atoms with Crippen LogP contribution in [0.1, 0.15) is 22.5 Å². The minimum Gasteiger partial charge on any atom is -0.493 e. The molecule has 0 bridgehead atoms. The van der Waals surface area contributed by atoms with Gasteiger partial charge in [0.2, 0.25) is 0 Å². The molecule has 0 aliphatic carbocycles. The first-order chi connectivity index (χ1) is 8.65. The second-order valence-electron chi connectivity index (χ2n) is 4.21. The van der Waals surface area contributed by atoms with Gasteiger partial charge in [-0.3, -0.25) is 9.48 Å². The Labute approximate surface area is 106 Å². The third-order valence-electron chi connectivity index (χ3n) is 2.59. The van der Waals surface area contributed by atoms with Crippen molar-refractivity contribution in [2.24, 2.45) is 7.05 Å². The van der Waals surface area contributed by atoms with Gasteiger partial charge in [-0.25, -0.2) is 0 Å². The quantitative estimate of drug-likeness (QED) is 0.758. The van der Waals surface area contributed by atoms with E-state index in [4.69, 9.17) is 4.74 Å². The van der Waals surface area contributed by atoms with Crippen LogP contribution in [0, 0.1) is 6.92 Å². The molecule has 2 rings (SSSR count). The fourth-order valence-electron chi connectivity index (χ4n) is 1.66. The number of aryl methyl sites for hydroxylation is 2. The number of benzene rings is 1. The lowest BCUT2D eigenvalue weighted by molar-refractivity contribution is 0.0956. The van der Waals surface area contributed by atoms with E-state index < -0.39 is 0 Å². The van der Waals surface area contributed by atoms with Crippen LogP contribution in [0.2, 0.25) is 0 Å². The Morgan fingerprint density at radius 1 is 1.39 bits per heavy atom. The average Bonchev–Trinajstić information content (AvgIpc) is 2.76. The zero-order valence-electron chi connectivity index (χ0n) is 10.6. The number of carbonyl (C=O) groups excluding carboxylic acids is 1. The Bertz CT molecular complexity index is 546. The Kier molecular flexibility index (Phi) is 3.77. The van der Waals surface area contributed by atoms with E-state index in [-0.39, 0.29) is 5.78 Å². The highest BCUT2D eigenvalue weighted by Crippen LogP contribution is 2.12. The smallest absolute Gasteiger partial charge is 0.186 e. The lowest BCUT2D eigenvalue weighted by Gasteiger charge is -2.05. The Morgan fingerprint density at radius 3 is 2.89 bits per heavy atom. The molecule has 0 unspecified atom stereocenters. The van der Waals surface area contributed by atoms with Gasteiger partial charge in [0.05, 0.1) is 6.61 Å². The highest BCUT2D eigenvalue weighted by atomic mass is 16.5. The van der Waals surface area contributed by atoms with Gasteiger partial charge in [-0.2, -0.15) is 5.10 Å². The SMILES string of the molecule is Cc1cccc(OCCC(=O)c2ccn(C)n2)c1. The van der Waals surface area contributed by atoms with Crippen LogP contribution in [-0.2, 0) is 7.05 Å². The van der Waals surface area contributed by atoms with Gasteiger partial charge in [-0.05, 0) is 30.7 Å². The van der Waals surface area contributed by atoms with E-state index in [0.29, 0.717) is 18.7 Å². The number of Topliss-reactive ketones (excluding diaryl/α,β-unsaturated/α-hetero) is 1. The molecule has 1 heterocycles. The standard InChI is InChI=1S/C14H16N2O2/c1-11-4-3-5-12(10-11)18-9-7-14(17)13-6-8-16(2)15-13/h3-6,8,10H,7,9H2,1-2H3. The minimum absolute atomic E-state index is 0.00301. The first-order valence-corrected chi connectivity index (χ1v) is 5.87. The number of ether oxygens (including phenoxy) is 1. The third-order valence-corrected chi connectivity index (χ3v) is 2.59. The van der Waals surface area contributed by atoms with E-state index in [1.807, 2.05) is 31.2 Å². The second-order valence-corrected chi connectivity index (χ2v) is 4.21. The molecule has 0 aliphatic rings. The minimum atomic E-state index is 0.00301. The van der Waals surface area contributed by atoms with E-state index in [2.05, 4.69) is 5.10 Å². The van der Waals surface area contributed by atoms with Crippen LogP contribution < -0.4 is 4.74 Å². The van der Waals surface area contributed by atoms with Crippen molar-refractivity contribution in [2.75, 3.05) is 6.61 Å². The zero-order valence-corrected chi connectivity index (χ0v) is 10.6. The maximum Gasteiger partial charge on any atom is 0.186 e. The number of ketones is 1. The van der Waals surface area contributed by atoms with E-state index in [1.165, 1.54) is 0 Å². The monoisotopic (exact) mass is 244 g/mol. The molecule has 0 fully saturated rings.